The molecule has 1 heterocycles. The molecule has 0 saturated heterocycles. The van der Waals surface area contributed by atoms with E-state index < -0.39 is 11.9 Å². The van der Waals surface area contributed by atoms with Gasteiger partial charge in [-0.1, -0.05) is 18.2 Å². The number of hydrogen-bond donors (Lipinski definition) is 0. The second kappa shape index (κ2) is 4.29. The van der Waals surface area contributed by atoms with Crippen molar-refractivity contribution in [3.8, 4) is 5.75 Å². The van der Waals surface area contributed by atoms with Crippen LogP contribution < -0.4 is 9.84 Å². The fourth-order valence-electron chi connectivity index (χ4n) is 1.68. The molecule has 0 spiro atoms. The van der Waals surface area contributed by atoms with E-state index in [2.05, 4.69) is 4.74 Å². The van der Waals surface area contributed by atoms with E-state index in [1.165, 1.54) is 7.11 Å². The third-order valence-electron chi connectivity index (χ3n) is 2.47. The summed E-state index contributed by atoms with van der Waals surface area (Å²) < 4.78 is 9.82. The van der Waals surface area contributed by atoms with Crippen LogP contribution in [0.3, 0.4) is 0 Å². The van der Waals surface area contributed by atoms with Crippen LogP contribution in [0.25, 0.3) is 5.57 Å². The van der Waals surface area contributed by atoms with Gasteiger partial charge in [-0.2, -0.15) is 0 Å². The Labute approximate surface area is 97.3 Å². The van der Waals surface area contributed by atoms with E-state index in [1.54, 1.807) is 24.3 Å². The Kier molecular flexibility index (Phi) is 2.82. The molecule has 5 nitrogen and oxygen atoms in total. The Morgan fingerprint density at radius 3 is 2.71 bits per heavy atom. The zero-order valence-corrected chi connectivity index (χ0v) is 9.06. The van der Waals surface area contributed by atoms with Gasteiger partial charge in [-0.3, -0.25) is 0 Å². The van der Waals surface area contributed by atoms with E-state index in [4.69, 9.17) is 4.74 Å². The molecule has 17 heavy (non-hydrogen) atoms. The van der Waals surface area contributed by atoms with Gasteiger partial charge in [-0.05, 0) is 6.07 Å². The maximum Gasteiger partial charge on any atom is 0.339 e. The summed E-state index contributed by atoms with van der Waals surface area (Å²) in [4.78, 5) is 22.6. The van der Waals surface area contributed by atoms with E-state index in [-0.39, 0.29) is 17.8 Å². The standard InChI is InChI=1S/C12H10O5/c1-16-12(15)10-7-4-2-3-5-9(7)17-6-8(10)11(13)14/h2-5H,6H2,1H3,(H,13,14)/p-1. The number of fused-ring (bicyclic) bond motifs is 1. The molecule has 0 unspecified atom stereocenters. The lowest BCUT2D eigenvalue weighted by Gasteiger charge is -2.23. The number of carboxylic acids is 1. The zero-order valence-electron chi connectivity index (χ0n) is 9.06. The second-order valence-corrected chi connectivity index (χ2v) is 3.42. The maximum atomic E-state index is 11.6. The van der Waals surface area contributed by atoms with Gasteiger partial charge in [0.25, 0.3) is 0 Å². The van der Waals surface area contributed by atoms with Crippen molar-refractivity contribution in [2.45, 2.75) is 0 Å². The number of hydrogen-bond acceptors (Lipinski definition) is 5. The molecule has 88 valence electrons. The van der Waals surface area contributed by atoms with Gasteiger partial charge in [0.15, 0.2) is 0 Å². The summed E-state index contributed by atoms with van der Waals surface area (Å²) in [7, 11) is 1.19. The Morgan fingerprint density at radius 1 is 1.35 bits per heavy atom. The largest absolute Gasteiger partial charge is 0.545 e. The molecule has 1 aliphatic heterocycles. The van der Waals surface area contributed by atoms with Crippen LogP contribution in [0.2, 0.25) is 0 Å². The van der Waals surface area contributed by atoms with Crippen LogP contribution in [0.4, 0.5) is 0 Å². The summed E-state index contributed by atoms with van der Waals surface area (Å²) in [5.41, 5.74) is 0.203. The summed E-state index contributed by atoms with van der Waals surface area (Å²) in [5, 5.41) is 10.9. The van der Waals surface area contributed by atoms with Crippen molar-refractivity contribution in [3.05, 3.63) is 35.4 Å². The molecule has 0 atom stereocenters. The molecular formula is C12H9O5-. The van der Waals surface area contributed by atoms with E-state index in [0.717, 1.165) is 0 Å². The lowest BCUT2D eigenvalue weighted by Crippen LogP contribution is -2.32. The van der Waals surface area contributed by atoms with Gasteiger partial charge in [0, 0.05) is 11.1 Å². The minimum Gasteiger partial charge on any atom is -0.545 e. The zero-order chi connectivity index (χ0) is 12.4. The highest BCUT2D eigenvalue weighted by molar-refractivity contribution is 6.23. The van der Waals surface area contributed by atoms with Gasteiger partial charge >= 0.3 is 5.97 Å². The number of carboxylic acid groups (broad SMARTS) is 1. The Morgan fingerprint density at radius 2 is 2.06 bits per heavy atom. The lowest BCUT2D eigenvalue weighted by molar-refractivity contribution is -0.299. The van der Waals surface area contributed by atoms with Crippen LogP contribution >= 0.6 is 0 Å². The number of para-hydroxylation sites is 1. The van der Waals surface area contributed by atoms with Gasteiger partial charge in [0.1, 0.15) is 12.4 Å². The van der Waals surface area contributed by atoms with Gasteiger partial charge in [-0.15, -0.1) is 0 Å². The lowest BCUT2D eigenvalue weighted by atomic mass is 9.97. The van der Waals surface area contributed by atoms with E-state index in [9.17, 15) is 14.7 Å². The molecule has 0 aromatic heterocycles. The predicted molar refractivity (Wildman–Crippen MR) is 55.9 cm³/mol. The van der Waals surface area contributed by atoms with Crippen molar-refractivity contribution in [3.63, 3.8) is 0 Å². The molecule has 1 aliphatic rings. The predicted octanol–water partition coefficient (Wildman–Crippen LogP) is -0.245. The van der Waals surface area contributed by atoms with Crippen molar-refractivity contribution in [1.29, 1.82) is 0 Å². The fourth-order valence-corrected chi connectivity index (χ4v) is 1.68. The van der Waals surface area contributed by atoms with E-state index in [1.807, 2.05) is 0 Å². The molecule has 5 heteroatoms. The van der Waals surface area contributed by atoms with Crippen molar-refractivity contribution >= 4 is 17.5 Å². The number of rotatable bonds is 2. The smallest absolute Gasteiger partial charge is 0.339 e. The average molecular weight is 233 g/mol. The van der Waals surface area contributed by atoms with Crippen LogP contribution in [0, 0.1) is 0 Å². The molecule has 1 aromatic carbocycles. The quantitative estimate of drug-likeness (QED) is 0.659. The number of carbonyl (C=O) groups is 2. The third-order valence-corrected chi connectivity index (χ3v) is 2.47. The van der Waals surface area contributed by atoms with Gasteiger partial charge < -0.3 is 19.4 Å². The molecule has 2 rings (SSSR count). The molecule has 0 aliphatic carbocycles. The highest BCUT2D eigenvalue weighted by Gasteiger charge is 2.26. The molecule has 0 amide bonds. The van der Waals surface area contributed by atoms with Crippen LogP contribution in [0.1, 0.15) is 5.56 Å². The third kappa shape index (κ3) is 1.87. The minimum atomic E-state index is -1.43. The maximum absolute atomic E-state index is 11.6. The molecule has 0 radical (unpaired) electrons. The summed E-state index contributed by atoms with van der Waals surface area (Å²) in [6, 6.07) is 6.68. The first-order chi connectivity index (χ1) is 8.15. The number of methoxy groups -OCH3 is 1. The van der Waals surface area contributed by atoms with Gasteiger partial charge in [0.05, 0.1) is 18.7 Å². The van der Waals surface area contributed by atoms with Crippen molar-refractivity contribution in [1.82, 2.24) is 0 Å². The second-order valence-electron chi connectivity index (χ2n) is 3.42. The summed E-state index contributed by atoms with van der Waals surface area (Å²) in [6.07, 6.45) is 0. The Bertz CT molecular complexity index is 515. The number of benzene rings is 1. The monoisotopic (exact) mass is 233 g/mol. The molecule has 0 bridgehead atoms. The number of carbonyl (C=O) groups excluding carboxylic acids is 2. The van der Waals surface area contributed by atoms with Crippen LogP contribution in [0.5, 0.6) is 5.75 Å². The van der Waals surface area contributed by atoms with Crippen LogP contribution in [-0.4, -0.2) is 25.7 Å². The van der Waals surface area contributed by atoms with Crippen molar-refractivity contribution in [2.75, 3.05) is 13.7 Å². The van der Waals surface area contributed by atoms with Crippen LogP contribution in [-0.2, 0) is 14.3 Å². The highest BCUT2D eigenvalue weighted by Crippen LogP contribution is 2.33. The molecule has 0 N–H and O–H groups in total. The highest BCUT2D eigenvalue weighted by atomic mass is 16.5. The van der Waals surface area contributed by atoms with E-state index in [0.29, 0.717) is 11.3 Å². The molecule has 0 fully saturated rings. The SMILES string of the molecule is COC(=O)C1=C(C(=O)[O-])COc2ccccc21. The van der Waals surface area contributed by atoms with Crippen molar-refractivity contribution in [2.24, 2.45) is 0 Å². The number of esters is 1. The van der Waals surface area contributed by atoms with Crippen molar-refractivity contribution < 1.29 is 24.2 Å². The van der Waals surface area contributed by atoms with Crippen LogP contribution in [0.15, 0.2) is 29.8 Å². The number of aliphatic carboxylic acids is 1. The first-order valence-electron chi connectivity index (χ1n) is 4.90. The summed E-state index contributed by atoms with van der Waals surface area (Å²) in [5.74, 6) is -1.68. The number of ether oxygens (including phenoxy) is 2. The van der Waals surface area contributed by atoms with Gasteiger partial charge in [0.2, 0.25) is 0 Å². The topological polar surface area (TPSA) is 75.7 Å². The normalized spacial score (nSPS) is 13.7. The minimum absolute atomic E-state index is 0.00523. The molecular weight excluding hydrogens is 224 g/mol. The summed E-state index contributed by atoms with van der Waals surface area (Å²) in [6.45, 7) is -0.205. The average Bonchev–Trinajstić information content (AvgIpc) is 2.36. The van der Waals surface area contributed by atoms with Gasteiger partial charge in [-0.25, -0.2) is 4.79 Å². The first-order valence-corrected chi connectivity index (χ1v) is 4.90. The molecule has 1 aromatic rings. The Balaban J connectivity index is 2.64. The molecule has 0 saturated carbocycles. The Hall–Kier alpha value is -2.30. The van der Waals surface area contributed by atoms with E-state index >= 15 is 0 Å². The first kappa shape index (κ1) is 11.2. The summed E-state index contributed by atoms with van der Waals surface area (Å²) >= 11 is 0. The fraction of sp³-hybridized carbons (Fsp3) is 0.167.